The number of carboxylic acid groups (broad SMARTS) is 1. The number of aliphatic carboxylic acids is 1. The van der Waals surface area contributed by atoms with E-state index in [1.54, 1.807) is 6.07 Å². The van der Waals surface area contributed by atoms with Crippen molar-refractivity contribution in [3.8, 4) is 17.0 Å². The van der Waals surface area contributed by atoms with Crippen LogP contribution in [0.4, 0.5) is 4.39 Å². The number of carboxylic acids is 1. The van der Waals surface area contributed by atoms with Gasteiger partial charge >= 0.3 is 5.97 Å². The number of aryl methyl sites for hydroxylation is 1. The number of ether oxygens (including phenoxy) is 1. The lowest BCUT2D eigenvalue weighted by Crippen LogP contribution is -2.45. The first-order valence-corrected chi connectivity index (χ1v) is 17.0. The molecule has 1 aromatic heterocycles. The maximum atomic E-state index is 14.4. The number of fused-ring (bicyclic) bond motifs is 1. The van der Waals surface area contributed by atoms with Crippen molar-refractivity contribution < 1.29 is 19.0 Å². The van der Waals surface area contributed by atoms with Crippen LogP contribution in [0.5, 0.6) is 5.75 Å². The Kier molecular flexibility index (Phi) is 9.62. The largest absolute Gasteiger partial charge is 0.493 e. The van der Waals surface area contributed by atoms with E-state index in [1.807, 2.05) is 13.1 Å². The molecule has 242 valence electrons. The van der Waals surface area contributed by atoms with E-state index in [-0.39, 0.29) is 17.8 Å². The number of rotatable bonds is 11. The second kappa shape index (κ2) is 13.6. The Labute approximate surface area is 267 Å². The Balaban J connectivity index is 1.14. The summed E-state index contributed by atoms with van der Waals surface area (Å²) in [5.41, 5.74) is 5.77. The van der Waals surface area contributed by atoms with Gasteiger partial charge in [0, 0.05) is 42.7 Å². The lowest BCUT2D eigenvalue weighted by Gasteiger charge is -2.35. The molecule has 45 heavy (non-hydrogen) atoms. The third-order valence-electron chi connectivity index (χ3n) is 10.6. The van der Waals surface area contributed by atoms with Crippen LogP contribution in [0.1, 0.15) is 81.5 Å². The fraction of sp³-hybridized carbons (Fsp3) is 0.568. The number of aromatic nitrogens is 2. The molecule has 0 spiro atoms. The standard InChI is InChI=1S/C37H49FN4O3/c1-5-42-34(22-33(39-42)28-10-9-26-13-16-45-36(26)20-28)25-11-14-41(15-12-25)23-29-19-31(40(4)35(37(43)44)17-24(2)3)21-32(29)27-7-6-8-30(38)18-27/h6-10,18,20,22,24-25,29,31-32,35H,5,11-17,19,21,23H2,1-4H3,(H,43,44)/t29?,31?,32?,35-/m1/s1. The van der Waals surface area contributed by atoms with Gasteiger partial charge in [-0.2, -0.15) is 5.10 Å². The van der Waals surface area contributed by atoms with Gasteiger partial charge in [-0.3, -0.25) is 14.4 Å². The van der Waals surface area contributed by atoms with Gasteiger partial charge < -0.3 is 14.7 Å². The maximum absolute atomic E-state index is 14.4. The number of likely N-dealkylation sites (N-methyl/N-ethyl adjacent to an activating group) is 1. The van der Waals surface area contributed by atoms with Crippen molar-refractivity contribution in [2.75, 3.05) is 33.3 Å². The highest BCUT2D eigenvalue weighted by Crippen LogP contribution is 2.44. The molecule has 2 aromatic carbocycles. The minimum atomic E-state index is -0.752. The third kappa shape index (κ3) is 6.97. The lowest BCUT2D eigenvalue weighted by molar-refractivity contribution is -0.144. The molecule has 1 saturated heterocycles. The molecule has 1 saturated carbocycles. The molecule has 3 unspecified atom stereocenters. The number of piperidine rings is 1. The SMILES string of the molecule is CCn1nc(-c2ccc3c(c2)OCC3)cc1C1CCN(CC2CC(N(C)[C@H](CC(C)C)C(=O)O)CC2c2cccc(F)c2)CC1. The van der Waals surface area contributed by atoms with Crippen LogP contribution < -0.4 is 4.74 Å². The number of halogens is 1. The van der Waals surface area contributed by atoms with E-state index < -0.39 is 12.0 Å². The number of nitrogens with zero attached hydrogens (tertiary/aromatic N) is 4. The van der Waals surface area contributed by atoms with E-state index in [9.17, 15) is 14.3 Å². The van der Waals surface area contributed by atoms with E-state index in [0.717, 1.165) is 87.5 Å². The van der Waals surface area contributed by atoms with E-state index in [0.29, 0.717) is 24.2 Å². The highest BCUT2D eigenvalue weighted by atomic mass is 19.1. The van der Waals surface area contributed by atoms with Crippen molar-refractivity contribution >= 4 is 5.97 Å². The van der Waals surface area contributed by atoms with Gasteiger partial charge in [-0.25, -0.2) is 4.39 Å². The normalized spacial score (nSPS) is 23.0. The van der Waals surface area contributed by atoms with Crippen molar-refractivity contribution in [1.29, 1.82) is 0 Å². The van der Waals surface area contributed by atoms with Gasteiger partial charge in [0.15, 0.2) is 0 Å². The predicted octanol–water partition coefficient (Wildman–Crippen LogP) is 6.82. The van der Waals surface area contributed by atoms with Crippen LogP contribution in [0.25, 0.3) is 11.3 Å². The topological polar surface area (TPSA) is 70.8 Å². The van der Waals surface area contributed by atoms with Gasteiger partial charge in [0.05, 0.1) is 12.3 Å². The Morgan fingerprint density at radius 3 is 2.64 bits per heavy atom. The Bertz CT molecular complexity index is 1480. The van der Waals surface area contributed by atoms with Crippen LogP contribution in [-0.2, 0) is 17.8 Å². The Morgan fingerprint density at radius 1 is 1.13 bits per heavy atom. The molecule has 0 bridgehead atoms. The van der Waals surface area contributed by atoms with Crippen molar-refractivity contribution in [1.82, 2.24) is 19.6 Å². The average Bonchev–Trinajstić information content (AvgIpc) is 3.78. The number of carbonyl (C=O) groups is 1. The highest BCUT2D eigenvalue weighted by molar-refractivity contribution is 5.73. The summed E-state index contributed by atoms with van der Waals surface area (Å²) < 4.78 is 22.4. The first-order chi connectivity index (χ1) is 21.7. The summed E-state index contributed by atoms with van der Waals surface area (Å²) in [7, 11) is 1.98. The molecule has 3 aliphatic rings. The zero-order valence-electron chi connectivity index (χ0n) is 27.3. The van der Waals surface area contributed by atoms with Crippen LogP contribution in [0, 0.1) is 17.7 Å². The van der Waals surface area contributed by atoms with Crippen LogP contribution in [0.15, 0.2) is 48.5 Å². The van der Waals surface area contributed by atoms with Gasteiger partial charge in [0.25, 0.3) is 0 Å². The van der Waals surface area contributed by atoms with Gasteiger partial charge in [-0.05, 0) is 112 Å². The number of benzene rings is 2. The summed E-state index contributed by atoms with van der Waals surface area (Å²) >= 11 is 0. The fourth-order valence-corrected chi connectivity index (χ4v) is 8.14. The van der Waals surface area contributed by atoms with E-state index in [1.165, 1.54) is 17.3 Å². The molecule has 6 rings (SSSR count). The second-order valence-corrected chi connectivity index (χ2v) is 14.0. The van der Waals surface area contributed by atoms with Crippen LogP contribution >= 0.6 is 0 Å². The summed E-state index contributed by atoms with van der Waals surface area (Å²) in [6.07, 6.45) is 5.54. The Morgan fingerprint density at radius 2 is 1.93 bits per heavy atom. The molecule has 0 radical (unpaired) electrons. The summed E-state index contributed by atoms with van der Waals surface area (Å²) in [4.78, 5) is 16.9. The summed E-state index contributed by atoms with van der Waals surface area (Å²) in [5.74, 6) is 1.35. The summed E-state index contributed by atoms with van der Waals surface area (Å²) in [6, 6.07) is 15.5. The number of likely N-dealkylation sites (tertiary alicyclic amines) is 1. The van der Waals surface area contributed by atoms with Crippen LogP contribution in [0.2, 0.25) is 0 Å². The first kappa shape index (κ1) is 31.7. The number of hydrogen-bond acceptors (Lipinski definition) is 5. The molecule has 0 amide bonds. The van der Waals surface area contributed by atoms with Crippen LogP contribution in [0.3, 0.4) is 0 Å². The van der Waals surface area contributed by atoms with Crippen molar-refractivity contribution in [2.45, 2.75) is 89.8 Å². The van der Waals surface area contributed by atoms with Gasteiger partial charge in [0.2, 0.25) is 0 Å². The molecule has 3 aromatic rings. The third-order valence-corrected chi connectivity index (χ3v) is 10.6. The second-order valence-electron chi connectivity index (χ2n) is 14.0. The molecule has 4 atom stereocenters. The smallest absolute Gasteiger partial charge is 0.320 e. The number of hydrogen-bond donors (Lipinski definition) is 1. The van der Waals surface area contributed by atoms with E-state index in [2.05, 4.69) is 65.6 Å². The molecule has 7 nitrogen and oxygen atoms in total. The molecule has 3 heterocycles. The van der Waals surface area contributed by atoms with Gasteiger partial charge in [-0.1, -0.05) is 38.1 Å². The van der Waals surface area contributed by atoms with Gasteiger partial charge in [-0.15, -0.1) is 0 Å². The predicted molar refractivity (Wildman–Crippen MR) is 175 cm³/mol. The van der Waals surface area contributed by atoms with Crippen molar-refractivity contribution in [3.63, 3.8) is 0 Å². The molecule has 1 N–H and O–H groups in total. The zero-order valence-corrected chi connectivity index (χ0v) is 27.3. The minimum Gasteiger partial charge on any atom is -0.493 e. The zero-order chi connectivity index (χ0) is 31.7. The van der Waals surface area contributed by atoms with E-state index >= 15 is 0 Å². The van der Waals surface area contributed by atoms with Crippen molar-refractivity contribution in [3.05, 3.63) is 71.2 Å². The Hall–Kier alpha value is -3.23. The van der Waals surface area contributed by atoms with Crippen LogP contribution in [-0.4, -0.2) is 76.0 Å². The molecular weight excluding hydrogens is 567 g/mol. The lowest BCUT2D eigenvalue weighted by atomic mass is 9.87. The highest BCUT2D eigenvalue weighted by Gasteiger charge is 2.41. The molecule has 8 heteroatoms. The van der Waals surface area contributed by atoms with Crippen molar-refractivity contribution in [2.24, 2.45) is 11.8 Å². The minimum absolute atomic E-state index is 0.155. The summed E-state index contributed by atoms with van der Waals surface area (Å²) in [6.45, 7) is 10.9. The molecule has 1 aliphatic carbocycles. The maximum Gasteiger partial charge on any atom is 0.320 e. The monoisotopic (exact) mass is 616 g/mol. The molecule has 2 aliphatic heterocycles. The average molecular weight is 617 g/mol. The first-order valence-electron chi connectivity index (χ1n) is 17.0. The summed E-state index contributed by atoms with van der Waals surface area (Å²) in [5, 5.41) is 15.0. The quantitative estimate of drug-likeness (QED) is 0.255. The fourth-order valence-electron chi connectivity index (χ4n) is 8.14. The molecule has 2 fully saturated rings. The van der Waals surface area contributed by atoms with Gasteiger partial charge in [0.1, 0.15) is 17.6 Å². The molecular formula is C37H49FN4O3. The van der Waals surface area contributed by atoms with E-state index in [4.69, 9.17) is 9.84 Å².